The van der Waals surface area contributed by atoms with E-state index in [-0.39, 0.29) is 6.04 Å². The number of nitrogens with zero attached hydrogens (tertiary/aromatic N) is 1. The Hall–Kier alpha value is -1.26. The van der Waals surface area contributed by atoms with E-state index in [2.05, 4.69) is 17.0 Å². The molecule has 0 spiro atoms. The number of aryl methyl sites for hydroxylation is 1. The van der Waals surface area contributed by atoms with Crippen LogP contribution in [0.15, 0.2) is 18.2 Å². The van der Waals surface area contributed by atoms with Crippen molar-refractivity contribution in [2.24, 2.45) is 11.5 Å². The minimum absolute atomic E-state index is 0.0513. The van der Waals surface area contributed by atoms with Crippen molar-refractivity contribution in [3.05, 3.63) is 23.8 Å². The number of anilines is 2. The Balaban J connectivity index is 2.23. The molecule has 2 atom stereocenters. The molecule has 94 valence electrons. The molecular formula is C13H22N4. The van der Waals surface area contributed by atoms with Crippen LogP contribution in [0.2, 0.25) is 0 Å². The molecule has 1 saturated heterocycles. The summed E-state index contributed by atoms with van der Waals surface area (Å²) >= 11 is 0. The molecule has 0 bridgehead atoms. The lowest BCUT2D eigenvalue weighted by molar-refractivity contribution is 0.530. The second-order valence-electron chi connectivity index (χ2n) is 4.84. The molecule has 1 aromatic rings. The molecule has 0 aromatic heterocycles. The van der Waals surface area contributed by atoms with Crippen molar-refractivity contribution >= 4 is 11.4 Å². The van der Waals surface area contributed by atoms with Gasteiger partial charge in [0.05, 0.1) is 0 Å². The van der Waals surface area contributed by atoms with E-state index in [0.717, 1.165) is 24.2 Å². The lowest BCUT2D eigenvalue weighted by atomic mass is 10.1. The monoisotopic (exact) mass is 234 g/mol. The van der Waals surface area contributed by atoms with Crippen LogP contribution in [-0.2, 0) is 0 Å². The highest BCUT2D eigenvalue weighted by Gasteiger charge is 2.29. The van der Waals surface area contributed by atoms with Crippen LogP contribution in [0.4, 0.5) is 11.4 Å². The largest absolute Gasteiger partial charge is 0.399 e. The second kappa shape index (κ2) is 4.94. The summed E-state index contributed by atoms with van der Waals surface area (Å²) in [5.41, 5.74) is 20.8. The first-order valence-electron chi connectivity index (χ1n) is 6.22. The fourth-order valence-corrected chi connectivity index (χ4v) is 2.55. The number of hydrogen-bond acceptors (Lipinski definition) is 4. The Labute approximate surface area is 103 Å². The summed E-state index contributed by atoms with van der Waals surface area (Å²) in [5, 5.41) is 0. The molecule has 0 amide bonds. The van der Waals surface area contributed by atoms with Crippen molar-refractivity contribution in [2.75, 3.05) is 23.7 Å². The number of nitrogen functional groups attached to an aromatic ring is 1. The predicted molar refractivity (Wildman–Crippen MR) is 73.0 cm³/mol. The zero-order valence-corrected chi connectivity index (χ0v) is 10.4. The number of hydrogen-bond donors (Lipinski definition) is 3. The first-order valence-corrected chi connectivity index (χ1v) is 6.22. The van der Waals surface area contributed by atoms with Crippen molar-refractivity contribution in [3.8, 4) is 0 Å². The van der Waals surface area contributed by atoms with Gasteiger partial charge in [-0.3, -0.25) is 0 Å². The minimum Gasteiger partial charge on any atom is -0.399 e. The molecule has 4 nitrogen and oxygen atoms in total. The normalized spacial score (nSPS) is 21.8. The maximum Gasteiger partial charge on any atom is 0.0454 e. The van der Waals surface area contributed by atoms with E-state index in [1.807, 2.05) is 13.0 Å². The highest BCUT2D eigenvalue weighted by atomic mass is 15.2. The zero-order chi connectivity index (χ0) is 12.4. The standard InChI is InChI=1S/C13H22N4/c1-9-7-10(4-5-11(9)15)17-6-2-3-13(17)12(16)8-14/h4-5,7,12-13H,2-3,6,8,14-16H2,1H3. The highest BCUT2D eigenvalue weighted by Crippen LogP contribution is 2.28. The third kappa shape index (κ3) is 2.37. The van der Waals surface area contributed by atoms with E-state index in [1.54, 1.807) is 0 Å². The highest BCUT2D eigenvalue weighted by molar-refractivity contribution is 5.59. The SMILES string of the molecule is Cc1cc(N2CCCC2C(N)CN)ccc1N. The first-order chi connectivity index (χ1) is 8.13. The fourth-order valence-electron chi connectivity index (χ4n) is 2.55. The molecule has 4 heteroatoms. The first kappa shape index (κ1) is 12.2. The molecule has 0 radical (unpaired) electrons. The maximum absolute atomic E-state index is 6.08. The van der Waals surface area contributed by atoms with Crippen LogP contribution in [0.3, 0.4) is 0 Å². The summed E-state index contributed by atoms with van der Waals surface area (Å²) in [5.74, 6) is 0. The lowest BCUT2D eigenvalue weighted by Gasteiger charge is -2.31. The molecular weight excluding hydrogens is 212 g/mol. The molecule has 1 aromatic carbocycles. The average Bonchev–Trinajstić information content (AvgIpc) is 2.80. The van der Waals surface area contributed by atoms with Crippen molar-refractivity contribution in [3.63, 3.8) is 0 Å². The topological polar surface area (TPSA) is 81.3 Å². The number of benzene rings is 1. The van der Waals surface area contributed by atoms with E-state index in [1.165, 1.54) is 12.1 Å². The van der Waals surface area contributed by atoms with E-state index in [0.29, 0.717) is 12.6 Å². The van der Waals surface area contributed by atoms with E-state index < -0.39 is 0 Å². The molecule has 2 rings (SSSR count). The summed E-state index contributed by atoms with van der Waals surface area (Å²) in [6, 6.07) is 6.59. The van der Waals surface area contributed by atoms with Gasteiger partial charge in [-0.25, -0.2) is 0 Å². The summed E-state index contributed by atoms with van der Waals surface area (Å²) in [4.78, 5) is 2.37. The van der Waals surface area contributed by atoms with Gasteiger partial charge in [0.15, 0.2) is 0 Å². The van der Waals surface area contributed by atoms with Crippen LogP contribution in [0.5, 0.6) is 0 Å². The van der Waals surface area contributed by atoms with Gasteiger partial charge in [0.2, 0.25) is 0 Å². The molecule has 0 aliphatic carbocycles. The van der Waals surface area contributed by atoms with Gasteiger partial charge < -0.3 is 22.1 Å². The quantitative estimate of drug-likeness (QED) is 0.677. The van der Waals surface area contributed by atoms with Crippen LogP contribution in [0.1, 0.15) is 18.4 Å². The average molecular weight is 234 g/mol. The van der Waals surface area contributed by atoms with Gasteiger partial charge in [-0.15, -0.1) is 0 Å². The minimum atomic E-state index is 0.0513. The van der Waals surface area contributed by atoms with Gasteiger partial charge in [0.25, 0.3) is 0 Å². The molecule has 1 heterocycles. The van der Waals surface area contributed by atoms with E-state index >= 15 is 0 Å². The van der Waals surface area contributed by atoms with E-state index in [9.17, 15) is 0 Å². The van der Waals surface area contributed by atoms with Crippen LogP contribution >= 0.6 is 0 Å². The zero-order valence-electron chi connectivity index (χ0n) is 10.4. The molecule has 1 fully saturated rings. The molecule has 6 N–H and O–H groups in total. The van der Waals surface area contributed by atoms with Gasteiger partial charge in [-0.05, 0) is 43.5 Å². The van der Waals surface area contributed by atoms with Crippen molar-refractivity contribution in [1.29, 1.82) is 0 Å². The number of rotatable bonds is 3. The van der Waals surface area contributed by atoms with E-state index in [4.69, 9.17) is 17.2 Å². The summed E-state index contributed by atoms with van der Waals surface area (Å²) in [7, 11) is 0. The smallest absolute Gasteiger partial charge is 0.0454 e. The fraction of sp³-hybridized carbons (Fsp3) is 0.538. The molecule has 1 aliphatic rings. The Morgan fingerprint density at radius 3 is 2.88 bits per heavy atom. The van der Waals surface area contributed by atoms with Crippen molar-refractivity contribution < 1.29 is 0 Å². The summed E-state index contributed by atoms with van der Waals surface area (Å²) in [6.07, 6.45) is 2.31. The third-order valence-electron chi connectivity index (χ3n) is 3.65. The second-order valence-corrected chi connectivity index (χ2v) is 4.84. The van der Waals surface area contributed by atoms with Gasteiger partial charge in [0.1, 0.15) is 0 Å². The lowest BCUT2D eigenvalue weighted by Crippen LogP contribution is -2.48. The third-order valence-corrected chi connectivity index (χ3v) is 3.65. The van der Waals surface area contributed by atoms with Gasteiger partial charge in [-0.1, -0.05) is 0 Å². The molecule has 2 unspecified atom stereocenters. The van der Waals surface area contributed by atoms with Gasteiger partial charge in [0, 0.05) is 36.5 Å². The predicted octanol–water partition coefficient (Wildman–Crippen LogP) is 0.832. The maximum atomic E-state index is 6.08. The summed E-state index contributed by atoms with van der Waals surface area (Å²) < 4.78 is 0. The van der Waals surface area contributed by atoms with Crippen LogP contribution < -0.4 is 22.1 Å². The van der Waals surface area contributed by atoms with Crippen molar-refractivity contribution in [2.45, 2.75) is 31.8 Å². The Kier molecular flexibility index (Phi) is 3.54. The van der Waals surface area contributed by atoms with Crippen LogP contribution in [0, 0.1) is 6.92 Å². The molecule has 1 aliphatic heterocycles. The molecule has 0 saturated carbocycles. The van der Waals surface area contributed by atoms with Crippen LogP contribution in [-0.4, -0.2) is 25.2 Å². The van der Waals surface area contributed by atoms with Gasteiger partial charge in [-0.2, -0.15) is 0 Å². The van der Waals surface area contributed by atoms with Crippen LogP contribution in [0.25, 0.3) is 0 Å². The Morgan fingerprint density at radius 1 is 1.47 bits per heavy atom. The Bertz CT molecular complexity index is 391. The van der Waals surface area contributed by atoms with Gasteiger partial charge >= 0.3 is 0 Å². The number of nitrogens with two attached hydrogens (primary N) is 3. The Morgan fingerprint density at radius 2 is 2.24 bits per heavy atom. The summed E-state index contributed by atoms with van der Waals surface area (Å²) in [6.45, 7) is 3.63. The molecule has 17 heavy (non-hydrogen) atoms. The van der Waals surface area contributed by atoms with Crippen molar-refractivity contribution in [1.82, 2.24) is 0 Å².